The first kappa shape index (κ1) is 12.0. The number of aryl methyl sites for hydroxylation is 1. The number of benzene rings is 1. The molecule has 2 nitrogen and oxygen atoms in total. The van der Waals surface area contributed by atoms with Crippen molar-refractivity contribution in [2.24, 2.45) is 12.8 Å². The van der Waals surface area contributed by atoms with Crippen LogP contribution in [0.4, 0.5) is 13.2 Å². The number of fused-ring (bicyclic) bond motifs is 1. The van der Waals surface area contributed by atoms with Gasteiger partial charge in [0.1, 0.15) is 0 Å². The van der Waals surface area contributed by atoms with Gasteiger partial charge >= 0.3 is 6.18 Å². The second-order valence-corrected chi connectivity index (χ2v) is 4.07. The van der Waals surface area contributed by atoms with Gasteiger partial charge in [-0.3, -0.25) is 0 Å². The molecule has 92 valence electrons. The van der Waals surface area contributed by atoms with E-state index in [2.05, 4.69) is 0 Å². The van der Waals surface area contributed by atoms with E-state index in [-0.39, 0.29) is 5.56 Å². The fourth-order valence-electron chi connectivity index (χ4n) is 1.98. The largest absolute Gasteiger partial charge is 0.396 e. The Labute approximate surface area is 96.8 Å². The van der Waals surface area contributed by atoms with Crippen LogP contribution in [0.5, 0.6) is 0 Å². The lowest BCUT2D eigenvalue weighted by Gasteiger charge is -2.18. The summed E-state index contributed by atoms with van der Waals surface area (Å²) in [6.07, 6.45) is -2.48. The van der Waals surface area contributed by atoms with Gasteiger partial charge in [-0.2, -0.15) is 13.2 Å². The van der Waals surface area contributed by atoms with Crippen LogP contribution < -0.4 is 5.73 Å². The van der Waals surface area contributed by atoms with E-state index in [1.807, 2.05) is 17.8 Å². The van der Waals surface area contributed by atoms with E-state index in [1.54, 1.807) is 18.2 Å². The first-order valence-electron chi connectivity index (χ1n) is 5.25. The number of halogens is 3. The maximum atomic E-state index is 12.7. The van der Waals surface area contributed by atoms with Crippen LogP contribution in [0.1, 0.15) is 11.5 Å². The minimum atomic E-state index is -4.29. The molecule has 0 bridgehead atoms. The van der Waals surface area contributed by atoms with E-state index in [4.69, 9.17) is 5.73 Å². The Morgan fingerprint density at radius 2 is 2.00 bits per heavy atom. The zero-order chi connectivity index (χ0) is 12.6. The molecular weight excluding hydrogens is 229 g/mol. The number of nitrogens with zero attached hydrogens (tertiary/aromatic N) is 1. The number of hydrogen-bond donors (Lipinski definition) is 1. The Morgan fingerprint density at radius 3 is 2.59 bits per heavy atom. The highest BCUT2D eigenvalue weighted by Crippen LogP contribution is 2.35. The molecule has 2 aromatic rings. The van der Waals surface area contributed by atoms with Crippen LogP contribution in [-0.4, -0.2) is 17.3 Å². The molecule has 1 heterocycles. The van der Waals surface area contributed by atoms with Crippen LogP contribution in [0.3, 0.4) is 0 Å². The summed E-state index contributed by atoms with van der Waals surface area (Å²) >= 11 is 0. The summed E-state index contributed by atoms with van der Waals surface area (Å²) in [5.41, 5.74) is 6.34. The molecule has 2 N–H and O–H groups in total. The number of aromatic nitrogens is 1. The highest BCUT2D eigenvalue weighted by Gasteiger charge is 2.39. The zero-order valence-corrected chi connectivity index (χ0v) is 9.33. The van der Waals surface area contributed by atoms with Gasteiger partial charge in [-0.1, -0.05) is 6.07 Å². The minimum absolute atomic E-state index is 0.221. The van der Waals surface area contributed by atoms with Gasteiger partial charge in [0, 0.05) is 25.3 Å². The molecule has 1 aromatic heterocycles. The van der Waals surface area contributed by atoms with Crippen molar-refractivity contribution in [1.82, 2.24) is 4.57 Å². The third-order valence-electron chi connectivity index (χ3n) is 2.94. The Morgan fingerprint density at radius 1 is 1.29 bits per heavy atom. The molecule has 0 amide bonds. The molecular formula is C12H13F3N2. The highest BCUT2D eigenvalue weighted by molar-refractivity contribution is 5.80. The van der Waals surface area contributed by atoms with Gasteiger partial charge in [-0.25, -0.2) is 0 Å². The number of alkyl halides is 3. The molecule has 0 fully saturated rings. The molecule has 1 aromatic carbocycles. The van der Waals surface area contributed by atoms with Crippen LogP contribution in [-0.2, 0) is 7.05 Å². The lowest BCUT2D eigenvalue weighted by Crippen LogP contribution is -2.27. The molecule has 2 rings (SSSR count). The van der Waals surface area contributed by atoms with Crippen molar-refractivity contribution in [3.8, 4) is 0 Å². The summed E-state index contributed by atoms with van der Waals surface area (Å²) in [4.78, 5) is 0. The molecule has 1 unspecified atom stereocenters. The van der Waals surface area contributed by atoms with Gasteiger partial charge in [0.2, 0.25) is 0 Å². The molecule has 0 saturated heterocycles. The third kappa shape index (κ3) is 2.15. The molecule has 0 aliphatic carbocycles. The Hall–Kier alpha value is -1.49. The van der Waals surface area contributed by atoms with Gasteiger partial charge in [-0.05, 0) is 29.1 Å². The van der Waals surface area contributed by atoms with Crippen molar-refractivity contribution in [2.45, 2.75) is 12.1 Å². The van der Waals surface area contributed by atoms with Crippen LogP contribution in [0.15, 0.2) is 30.5 Å². The lowest BCUT2D eigenvalue weighted by atomic mass is 9.97. The van der Waals surface area contributed by atoms with E-state index < -0.39 is 18.6 Å². The van der Waals surface area contributed by atoms with Crippen molar-refractivity contribution in [2.75, 3.05) is 6.54 Å². The Balaban J connectivity index is 2.48. The van der Waals surface area contributed by atoms with E-state index in [9.17, 15) is 13.2 Å². The number of nitrogens with two attached hydrogens (primary N) is 1. The quantitative estimate of drug-likeness (QED) is 0.862. The smallest absolute Gasteiger partial charge is 0.351 e. The number of hydrogen-bond acceptors (Lipinski definition) is 1. The van der Waals surface area contributed by atoms with E-state index in [0.29, 0.717) is 0 Å². The lowest BCUT2D eigenvalue weighted by molar-refractivity contribution is -0.148. The summed E-state index contributed by atoms with van der Waals surface area (Å²) in [5.74, 6) is -1.59. The van der Waals surface area contributed by atoms with Crippen LogP contribution >= 0.6 is 0 Å². The zero-order valence-electron chi connectivity index (χ0n) is 9.33. The number of rotatable bonds is 2. The van der Waals surface area contributed by atoms with Gasteiger partial charge in [0.05, 0.1) is 5.92 Å². The molecule has 0 aliphatic rings. The standard InChI is InChI=1S/C12H13F3N2/c1-17-5-4-9-6-8(2-3-11(9)17)10(7-16)12(13,14)15/h2-6,10H,7,16H2,1H3. The average molecular weight is 242 g/mol. The van der Waals surface area contributed by atoms with Gasteiger partial charge in [-0.15, -0.1) is 0 Å². The summed E-state index contributed by atoms with van der Waals surface area (Å²) in [7, 11) is 1.85. The van der Waals surface area contributed by atoms with Crippen molar-refractivity contribution in [3.05, 3.63) is 36.0 Å². The topological polar surface area (TPSA) is 30.9 Å². The van der Waals surface area contributed by atoms with E-state index in [0.717, 1.165) is 10.9 Å². The van der Waals surface area contributed by atoms with Crippen molar-refractivity contribution < 1.29 is 13.2 Å². The van der Waals surface area contributed by atoms with Crippen molar-refractivity contribution in [3.63, 3.8) is 0 Å². The van der Waals surface area contributed by atoms with Crippen LogP contribution in [0.25, 0.3) is 10.9 Å². The van der Waals surface area contributed by atoms with Gasteiger partial charge < -0.3 is 10.3 Å². The second kappa shape index (κ2) is 4.07. The fourth-order valence-corrected chi connectivity index (χ4v) is 1.98. The molecule has 0 saturated carbocycles. The predicted molar refractivity (Wildman–Crippen MR) is 60.8 cm³/mol. The fraction of sp³-hybridized carbons (Fsp3) is 0.333. The maximum Gasteiger partial charge on any atom is 0.396 e. The molecule has 17 heavy (non-hydrogen) atoms. The normalized spacial score (nSPS) is 14.2. The first-order valence-corrected chi connectivity index (χ1v) is 5.25. The van der Waals surface area contributed by atoms with Gasteiger partial charge in [0.15, 0.2) is 0 Å². The average Bonchev–Trinajstić information content (AvgIpc) is 2.59. The molecule has 0 radical (unpaired) electrons. The summed E-state index contributed by atoms with van der Waals surface area (Å²) in [5, 5.41) is 0.799. The van der Waals surface area contributed by atoms with Crippen LogP contribution in [0.2, 0.25) is 0 Å². The van der Waals surface area contributed by atoms with E-state index >= 15 is 0 Å². The highest BCUT2D eigenvalue weighted by atomic mass is 19.4. The summed E-state index contributed by atoms with van der Waals surface area (Å²) in [6, 6.07) is 6.54. The summed E-state index contributed by atoms with van der Waals surface area (Å²) < 4.78 is 40.0. The molecule has 0 spiro atoms. The SMILES string of the molecule is Cn1ccc2cc(C(CN)C(F)(F)F)ccc21. The maximum absolute atomic E-state index is 12.7. The first-order chi connectivity index (χ1) is 7.93. The Kier molecular flexibility index (Phi) is 2.87. The monoisotopic (exact) mass is 242 g/mol. The van der Waals surface area contributed by atoms with Crippen LogP contribution in [0, 0.1) is 0 Å². The Bertz CT molecular complexity index is 528. The molecule has 0 aliphatic heterocycles. The van der Waals surface area contributed by atoms with Crippen molar-refractivity contribution >= 4 is 10.9 Å². The predicted octanol–water partition coefficient (Wildman–Crippen LogP) is 2.78. The third-order valence-corrected chi connectivity index (χ3v) is 2.94. The van der Waals surface area contributed by atoms with Crippen molar-refractivity contribution in [1.29, 1.82) is 0 Å². The minimum Gasteiger partial charge on any atom is -0.351 e. The summed E-state index contributed by atoms with van der Waals surface area (Å²) in [6.45, 7) is -0.429. The van der Waals surface area contributed by atoms with E-state index in [1.165, 1.54) is 6.07 Å². The second-order valence-electron chi connectivity index (χ2n) is 4.07. The van der Waals surface area contributed by atoms with Gasteiger partial charge in [0.25, 0.3) is 0 Å². The molecule has 5 heteroatoms. The molecule has 1 atom stereocenters.